The molecule has 0 aromatic carbocycles. The van der Waals surface area contributed by atoms with Crippen molar-refractivity contribution < 1.29 is 9.53 Å². The highest BCUT2D eigenvalue weighted by Crippen LogP contribution is 2.21. The standard InChI is InChI=1S/C12H17ClN2O2S/c13-10-2-1-9(18-10)3-6-15-11(16)12(14)4-7-17-8-5-12/h1-2H,3-8,14H2,(H,15,16). The van der Waals surface area contributed by atoms with Gasteiger partial charge in [-0.2, -0.15) is 0 Å². The highest BCUT2D eigenvalue weighted by Gasteiger charge is 2.35. The minimum Gasteiger partial charge on any atom is -0.381 e. The van der Waals surface area contributed by atoms with Crippen molar-refractivity contribution in [3.63, 3.8) is 0 Å². The summed E-state index contributed by atoms with van der Waals surface area (Å²) in [4.78, 5) is 13.2. The Hall–Kier alpha value is -0.620. The summed E-state index contributed by atoms with van der Waals surface area (Å²) in [6.45, 7) is 1.71. The van der Waals surface area contributed by atoms with Gasteiger partial charge in [0.15, 0.2) is 0 Å². The van der Waals surface area contributed by atoms with Gasteiger partial charge in [-0.15, -0.1) is 11.3 Å². The van der Waals surface area contributed by atoms with Crippen molar-refractivity contribution in [1.29, 1.82) is 0 Å². The number of thiophene rings is 1. The molecule has 3 N–H and O–H groups in total. The van der Waals surface area contributed by atoms with Crippen LogP contribution in [0.5, 0.6) is 0 Å². The summed E-state index contributed by atoms with van der Waals surface area (Å²) in [5.74, 6) is -0.0755. The molecule has 1 fully saturated rings. The molecule has 0 spiro atoms. The Bertz CT molecular complexity index is 416. The molecule has 1 aromatic rings. The van der Waals surface area contributed by atoms with Gasteiger partial charge in [-0.1, -0.05) is 11.6 Å². The summed E-state index contributed by atoms with van der Waals surface area (Å²) in [5.41, 5.74) is 5.32. The van der Waals surface area contributed by atoms with Gasteiger partial charge < -0.3 is 15.8 Å². The summed E-state index contributed by atoms with van der Waals surface area (Å²) in [5, 5.41) is 2.89. The number of amides is 1. The molecule has 0 bridgehead atoms. The first-order chi connectivity index (χ1) is 8.60. The number of carbonyl (C=O) groups is 1. The molecule has 0 atom stereocenters. The van der Waals surface area contributed by atoms with Gasteiger partial charge in [-0.3, -0.25) is 4.79 Å². The number of hydrogen-bond donors (Lipinski definition) is 2. The minimum absolute atomic E-state index is 0.0755. The molecular weight excluding hydrogens is 272 g/mol. The maximum atomic E-state index is 12.0. The minimum atomic E-state index is -0.759. The number of hydrogen-bond acceptors (Lipinski definition) is 4. The molecule has 1 saturated heterocycles. The van der Waals surface area contributed by atoms with E-state index in [-0.39, 0.29) is 5.91 Å². The van der Waals surface area contributed by atoms with Crippen molar-refractivity contribution >= 4 is 28.8 Å². The van der Waals surface area contributed by atoms with Crippen molar-refractivity contribution in [2.75, 3.05) is 19.8 Å². The molecular formula is C12H17ClN2O2S. The van der Waals surface area contributed by atoms with Crippen molar-refractivity contribution in [3.8, 4) is 0 Å². The Morgan fingerprint density at radius 2 is 2.22 bits per heavy atom. The highest BCUT2D eigenvalue weighted by molar-refractivity contribution is 7.16. The number of nitrogens with one attached hydrogen (secondary N) is 1. The Labute approximate surface area is 115 Å². The van der Waals surface area contributed by atoms with Crippen LogP contribution in [0, 0.1) is 0 Å². The molecule has 1 amide bonds. The van der Waals surface area contributed by atoms with Crippen LogP contribution in [0.15, 0.2) is 12.1 Å². The van der Waals surface area contributed by atoms with Crippen LogP contribution in [0.4, 0.5) is 0 Å². The van der Waals surface area contributed by atoms with E-state index in [9.17, 15) is 4.79 Å². The van der Waals surface area contributed by atoms with Gasteiger partial charge in [-0.05, 0) is 31.4 Å². The van der Waals surface area contributed by atoms with E-state index in [0.29, 0.717) is 32.6 Å². The van der Waals surface area contributed by atoms with Crippen molar-refractivity contribution in [2.45, 2.75) is 24.8 Å². The summed E-state index contributed by atoms with van der Waals surface area (Å²) in [6.07, 6.45) is 1.96. The summed E-state index contributed by atoms with van der Waals surface area (Å²) in [7, 11) is 0. The molecule has 6 heteroatoms. The third-order valence-corrected chi connectivity index (χ3v) is 4.41. The Balaban J connectivity index is 1.77. The molecule has 100 valence electrons. The molecule has 1 aliphatic rings. The third kappa shape index (κ3) is 3.45. The van der Waals surface area contributed by atoms with E-state index in [0.717, 1.165) is 10.8 Å². The van der Waals surface area contributed by atoms with E-state index in [4.69, 9.17) is 22.1 Å². The Morgan fingerprint density at radius 1 is 1.50 bits per heavy atom. The van der Waals surface area contributed by atoms with Crippen LogP contribution in [0.3, 0.4) is 0 Å². The van der Waals surface area contributed by atoms with Gasteiger partial charge >= 0.3 is 0 Å². The van der Waals surface area contributed by atoms with Crippen LogP contribution >= 0.6 is 22.9 Å². The maximum absolute atomic E-state index is 12.0. The van der Waals surface area contributed by atoms with Crippen LogP contribution in [0.1, 0.15) is 17.7 Å². The van der Waals surface area contributed by atoms with Gasteiger partial charge in [0.25, 0.3) is 0 Å². The number of carbonyl (C=O) groups excluding carboxylic acids is 1. The maximum Gasteiger partial charge on any atom is 0.240 e. The molecule has 18 heavy (non-hydrogen) atoms. The van der Waals surface area contributed by atoms with E-state index in [1.54, 1.807) is 0 Å². The smallest absolute Gasteiger partial charge is 0.240 e. The fourth-order valence-electron chi connectivity index (χ4n) is 1.92. The fraction of sp³-hybridized carbons (Fsp3) is 0.583. The second kappa shape index (κ2) is 6.02. The molecule has 1 aromatic heterocycles. The molecule has 0 unspecified atom stereocenters. The Morgan fingerprint density at radius 3 is 2.83 bits per heavy atom. The van der Waals surface area contributed by atoms with E-state index in [1.165, 1.54) is 16.2 Å². The van der Waals surface area contributed by atoms with Gasteiger partial charge in [0.2, 0.25) is 5.91 Å². The largest absolute Gasteiger partial charge is 0.381 e. The summed E-state index contributed by atoms with van der Waals surface area (Å²) >= 11 is 7.38. The zero-order valence-electron chi connectivity index (χ0n) is 10.1. The number of rotatable bonds is 4. The SMILES string of the molecule is NC1(C(=O)NCCc2ccc(Cl)s2)CCOCC1. The van der Waals surface area contributed by atoms with Crippen LogP contribution in [-0.2, 0) is 16.0 Å². The first-order valence-corrected chi connectivity index (χ1v) is 7.19. The third-order valence-electron chi connectivity index (χ3n) is 3.12. The van der Waals surface area contributed by atoms with Crippen LogP contribution in [-0.4, -0.2) is 31.2 Å². The number of halogens is 1. The average Bonchev–Trinajstić information content (AvgIpc) is 2.76. The zero-order chi connectivity index (χ0) is 13.0. The van der Waals surface area contributed by atoms with Crippen molar-refractivity contribution in [3.05, 3.63) is 21.3 Å². The van der Waals surface area contributed by atoms with E-state index < -0.39 is 5.54 Å². The molecule has 0 radical (unpaired) electrons. The molecule has 0 saturated carbocycles. The predicted octanol–water partition coefficient (Wildman–Crippen LogP) is 1.57. The van der Waals surface area contributed by atoms with Gasteiger partial charge in [0.05, 0.1) is 9.88 Å². The lowest BCUT2D eigenvalue weighted by Crippen LogP contribution is -2.57. The topological polar surface area (TPSA) is 64.4 Å². The Kier molecular flexibility index (Phi) is 4.61. The number of nitrogens with two attached hydrogens (primary N) is 1. The lowest BCUT2D eigenvalue weighted by Gasteiger charge is -2.31. The lowest BCUT2D eigenvalue weighted by molar-refractivity contribution is -0.129. The fourth-order valence-corrected chi connectivity index (χ4v) is 3.01. The zero-order valence-corrected chi connectivity index (χ0v) is 11.6. The van der Waals surface area contributed by atoms with Crippen molar-refractivity contribution in [1.82, 2.24) is 5.32 Å². The first kappa shape index (κ1) is 13.8. The van der Waals surface area contributed by atoms with Crippen LogP contribution in [0.25, 0.3) is 0 Å². The average molecular weight is 289 g/mol. The van der Waals surface area contributed by atoms with Crippen LogP contribution in [0.2, 0.25) is 4.34 Å². The van der Waals surface area contributed by atoms with E-state index in [1.807, 2.05) is 12.1 Å². The summed E-state index contributed by atoms with van der Waals surface area (Å²) < 4.78 is 5.99. The van der Waals surface area contributed by atoms with Gasteiger partial charge in [0.1, 0.15) is 0 Å². The monoisotopic (exact) mass is 288 g/mol. The highest BCUT2D eigenvalue weighted by atomic mass is 35.5. The lowest BCUT2D eigenvalue weighted by atomic mass is 9.90. The molecule has 4 nitrogen and oxygen atoms in total. The quantitative estimate of drug-likeness (QED) is 0.884. The molecule has 2 heterocycles. The van der Waals surface area contributed by atoms with Crippen LogP contribution < -0.4 is 11.1 Å². The van der Waals surface area contributed by atoms with E-state index >= 15 is 0 Å². The van der Waals surface area contributed by atoms with Gasteiger partial charge in [0, 0.05) is 24.6 Å². The van der Waals surface area contributed by atoms with E-state index in [2.05, 4.69) is 5.32 Å². The second-order valence-electron chi connectivity index (χ2n) is 4.48. The normalized spacial score (nSPS) is 18.6. The predicted molar refractivity (Wildman–Crippen MR) is 73.0 cm³/mol. The van der Waals surface area contributed by atoms with Gasteiger partial charge in [-0.25, -0.2) is 0 Å². The molecule has 2 rings (SSSR count). The second-order valence-corrected chi connectivity index (χ2v) is 6.28. The molecule has 1 aliphatic heterocycles. The first-order valence-electron chi connectivity index (χ1n) is 5.99. The van der Waals surface area contributed by atoms with Crippen molar-refractivity contribution in [2.24, 2.45) is 5.73 Å². The summed E-state index contributed by atoms with van der Waals surface area (Å²) in [6, 6.07) is 3.85. The molecule has 0 aliphatic carbocycles. The number of ether oxygens (including phenoxy) is 1.